The Morgan fingerprint density at radius 2 is 0.931 bits per heavy atom. The van der Waals surface area contributed by atoms with Crippen molar-refractivity contribution in [2.75, 3.05) is 26.4 Å². The molecule has 0 radical (unpaired) electrons. The predicted octanol–water partition coefficient (Wildman–Crippen LogP) is 11.5. The second-order valence-electron chi connectivity index (χ2n) is 16.8. The lowest BCUT2D eigenvalue weighted by Crippen LogP contribution is -2.27. The van der Waals surface area contributed by atoms with E-state index in [1.54, 1.807) is 27.1 Å². The van der Waals surface area contributed by atoms with Gasteiger partial charge >= 0.3 is 0 Å². The number of hydrogen-bond acceptors (Lipinski definition) is 17. The molecule has 72 heavy (non-hydrogen) atoms. The number of oxazole rings is 1. The summed E-state index contributed by atoms with van der Waals surface area (Å²) in [7, 11) is 3.66. The molecule has 0 amide bonds. The molecular weight excluding hydrogens is 947 g/mol. The van der Waals surface area contributed by atoms with Crippen LogP contribution in [0.2, 0.25) is 0 Å². The van der Waals surface area contributed by atoms with E-state index in [1.165, 1.54) is 61.4 Å². The number of aromatic nitrogens is 7. The van der Waals surface area contributed by atoms with Gasteiger partial charge in [-0.2, -0.15) is 0 Å². The molecule has 4 aliphatic rings. The summed E-state index contributed by atoms with van der Waals surface area (Å²) in [6, 6.07) is 4.09. The summed E-state index contributed by atoms with van der Waals surface area (Å²) >= 11 is 3.25. The van der Waals surface area contributed by atoms with Crippen molar-refractivity contribution in [1.29, 1.82) is 0 Å². The molecule has 4 aliphatic heterocycles. The molecule has 0 saturated heterocycles. The summed E-state index contributed by atoms with van der Waals surface area (Å²) < 4.78 is 26.3. The van der Waals surface area contributed by atoms with Crippen molar-refractivity contribution < 1.29 is 27.6 Å². The van der Waals surface area contributed by atoms with E-state index in [1.807, 2.05) is 131 Å². The van der Waals surface area contributed by atoms with Gasteiger partial charge in [0.25, 0.3) is 0 Å². The molecule has 0 unspecified atom stereocenters. The van der Waals surface area contributed by atoms with Crippen LogP contribution in [0.1, 0.15) is 122 Å². The van der Waals surface area contributed by atoms with E-state index in [4.69, 9.17) is 18.1 Å². The Kier molecular flexibility index (Phi) is 30.0. The fraction of sp³-hybridized carbons (Fsp3) is 0.491. The van der Waals surface area contributed by atoms with Crippen LogP contribution in [-0.4, -0.2) is 85.6 Å². The van der Waals surface area contributed by atoms with Crippen molar-refractivity contribution in [1.82, 2.24) is 24.9 Å². The topological polar surface area (TPSA) is 199 Å². The number of rotatable bonds is 0. The van der Waals surface area contributed by atoms with E-state index in [-0.39, 0.29) is 0 Å². The highest BCUT2D eigenvalue weighted by molar-refractivity contribution is 7.10. The zero-order chi connectivity index (χ0) is 54.5. The van der Waals surface area contributed by atoms with Crippen LogP contribution in [0.15, 0.2) is 102 Å². The van der Waals surface area contributed by atoms with Crippen molar-refractivity contribution in [2.45, 2.75) is 138 Å². The quantitative estimate of drug-likeness (QED) is 0.133. The summed E-state index contributed by atoms with van der Waals surface area (Å²) in [4.78, 5) is 30.9. The number of aryl methyl sites for hydroxylation is 12. The van der Waals surface area contributed by atoms with E-state index >= 15 is 0 Å². The first-order chi connectivity index (χ1) is 33.9. The fourth-order valence-corrected chi connectivity index (χ4v) is 5.82. The molecule has 392 valence electrons. The largest absolute Gasteiger partial charge is 0.469 e. The highest BCUT2D eigenvalue weighted by Crippen LogP contribution is 2.12. The van der Waals surface area contributed by atoms with Gasteiger partial charge in [-0.05, 0) is 162 Å². The van der Waals surface area contributed by atoms with Gasteiger partial charge in [-0.25, -0.2) is 4.98 Å². The van der Waals surface area contributed by atoms with Gasteiger partial charge in [0.1, 0.15) is 39.0 Å². The standard InChI is InChI=1S/2C6H9N.C6H8O.C6H8S.2C5H9N2O.2C5H8N2.C5H7NO.C4H6N2S/c4*1-5-3-4-7-6(5)2;2*1-4-5(2)7(3)8-6-4;3*1-4-5(2)7-3-6-4;1-3-4(2)7-6-5-3/h2*3H,4H2,1-2H3;2*3-4H,1-2H3;2*1-3H3;2*3H2,1-2H3;3H,1-2H3;1-2H3/q;;;;2*+1;;;;. The average Bonchev–Trinajstić information content (AvgIpc) is 4.28. The average molecular weight is 1030 g/mol. The van der Waals surface area contributed by atoms with Gasteiger partial charge in [0, 0.05) is 48.9 Å². The SMILES string of the molecule is CC1=CCN=C1C.CC1=CCN=C1C.CC1=NCN=C1C.CC1=NCN=C1C.Cc1ccoc1C.Cc1ccsc1C.Cc1ncoc1C.Cc1nnsc1C.Cc1no[n+](C)c1C.Cc1no[n+](C)c1C. The van der Waals surface area contributed by atoms with Crippen LogP contribution in [0.25, 0.3) is 0 Å². The molecule has 0 spiro atoms. The highest BCUT2D eigenvalue weighted by Gasteiger charge is 2.11. The van der Waals surface area contributed by atoms with Crippen LogP contribution in [0.3, 0.4) is 0 Å². The lowest BCUT2D eigenvalue weighted by atomic mass is 10.2. The number of allylic oxidation sites excluding steroid dienone is 2. The third kappa shape index (κ3) is 25.1. The maximum atomic E-state index is 4.96. The summed E-state index contributed by atoms with van der Waals surface area (Å²) in [6.07, 6.45) is 7.42. The van der Waals surface area contributed by atoms with Gasteiger partial charge in [0.2, 0.25) is 11.4 Å². The third-order valence-corrected chi connectivity index (χ3v) is 13.2. The second kappa shape index (κ2) is 34.0. The molecular formula is C53H81N13O4S2+2. The molecule has 6 aromatic heterocycles. The minimum atomic E-state index is 0.650. The zero-order valence-corrected chi connectivity index (χ0v) is 48.8. The van der Waals surface area contributed by atoms with E-state index in [9.17, 15) is 0 Å². The maximum absolute atomic E-state index is 4.96. The number of nitrogens with zero attached hydrogens (tertiary/aromatic N) is 13. The molecule has 10 heterocycles. The van der Waals surface area contributed by atoms with Crippen LogP contribution in [0.5, 0.6) is 0 Å². The zero-order valence-electron chi connectivity index (χ0n) is 47.1. The minimum Gasteiger partial charge on any atom is -0.469 e. The lowest BCUT2D eigenvalue weighted by molar-refractivity contribution is -0.858. The first-order valence-corrected chi connectivity index (χ1v) is 25.2. The smallest absolute Gasteiger partial charge is 0.242 e. The Labute approximate surface area is 436 Å². The first-order valence-electron chi connectivity index (χ1n) is 23.5. The summed E-state index contributed by atoms with van der Waals surface area (Å²) in [5.74, 6) is 1.92. The second-order valence-corrected chi connectivity index (χ2v) is 18.9. The molecule has 0 N–H and O–H groups in total. The van der Waals surface area contributed by atoms with Gasteiger partial charge in [0.05, 0.1) is 53.6 Å². The van der Waals surface area contributed by atoms with E-state index < -0.39 is 0 Å². The number of hydrogen-bond donors (Lipinski definition) is 0. The van der Waals surface area contributed by atoms with Crippen molar-refractivity contribution in [3.05, 3.63) is 120 Å². The van der Waals surface area contributed by atoms with E-state index in [0.717, 1.165) is 81.6 Å². The summed E-state index contributed by atoms with van der Waals surface area (Å²) in [5.41, 5.74) is 18.1. The molecule has 10 rings (SSSR count). The normalized spacial score (nSPS) is 13.3. The van der Waals surface area contributed by atoms with E-state index in [0.29, 0.717) is 13.3 Å². The Bertz CT molecular complexity index is 2300. The van der Waals surface area contributed by atoms with Crippen LogP contribution >= 0.6 is 22.9 Å². The number of aliphatic imine (C=N–C) groups is 6. The number of thiophene rings is 1. The van der Waals surface area contributed by atoms with E-state index in [2.05, 4.69) is 106 Å². The van der Waals surface area contributed by atoms with Crippen LogP contribution in [0, 0.1) is 83.1 Å². The van der Waals surface area contributed by atoms with Crippen molar-refractivity contribution in [2.24, 2.45) is 44.0 Å². The molecule has 0 aromatic carbocycles. The van der Waals surface area contributed by atoms with Gasteiger partial charge < -0.3 is 8.83 Å². The summed E-state index contributed by atoms with van der Waals surface area (Å²) in [5, 5.41) is 13.3. The monoisotopic (exact) mass is 1030 g/mol. The van der Waals surface area contributed by atoms with Crippen molar-refractivity contribution in [3.8, 4) is 0 Å². The fourth-order valence-electron chi connectivity index (χ4n) is 4.63. The van der Waals surface area contributed by atoms with Crippen LogP contribution in [0.4, 0.5) is 0 Å². The highest BCUT2D eigenvalue weighted by atomic mass is 32.1. The van der Waals surface area contributed by atoms with Gasteiger partial charge in [-0.3, -0.25) is 30.0 Å². The molecule has 0 aliphatic carbocycles. The Morgan fingerprint density at radius 1 is 0.472 bits per heavy atom. The third-order valence-electron chi connectivity index (χ3n) is 11.6. The van der Waals surface area contributed by atoms with Crippen molar-refractivity contribution in [3.63, 3.8) is 0 Å². The molecule has 0 bridgehead atoms. The summed E-state index contributed by atoms with van der Waals surface area (Å²) in [6.45, 7) is 43.1. The Morgan fingerprint density at radius 3 is 1.03 bits per heavy atom. The predicted molar refractivity (Wildman–Crippen MR) is 297 cm³/mol. The van der Waals surface area contributed by atoms with Crippen molar-refractivity contribution >= 4 is 57.1 Å². The van der Waals surface area contributed by atoms with Gasteiger partial charge in [-0.15, -0.1) is 16.4 Å². The minimum absolute atomic E-state index is 0.650. The number of furan rings is 1. The first kappa shape index (κ1) is 63.5. The molecule has 6 aromatic rings. The molecule has 17 nitrogen and oxygen atoms in total. The van der Waals surface area contributed by atoms with Crippen LogP contribution in [-0.2, 0) is 14.1 Å². The molecule has 0 atom stereocenters. The molecule has 19 heteroatoms. The van der Waals surface area contributed by atoms with Gasteiger partial charge in [0.15, 0.2) is 28.1 Å². The molecule has 0 saturated carbocycles. The maximum Gasteiger partial charge on any atom is 0.242 e. The lowest BCUT2D eigenvalue weighted by Gasteiger charge is -1.85. The van der Waals surface area contributed by atoms with Crippen LogP contribution < -0.4 is 9.48 Å². The Hall–Kier alpha value is -6.47. The van der Waals surface area contributed by atoms with Gasteiger partial charge in [-0.1, -0.05) is 35.4 Å². The Balaban J connectivity index is 0.000000400. The molecule has 0 fully saturated rings.